The fourth-order valence-electron chi connectivity index (χ4n) is 3.91. The van der Waals surface area contributed by atoms with Crippen LogP contribution in [0.4, 0.5) is 0 Å². The number of nitrogens with zero attached hydrogens (tertiary/aromatic N) is 1. The molecule has 1 N–H and O–H groups in total. The van der Waals surface area contributed by atoms with E-state index in [1.807, 2.05) is 14.1 Å². The Morgan fingerprint density at radius 3 is 2.47 bits per heavy atom. The summed E-state index contributed by atoms with van der Waals surface area (Å²) >= 11 is 12.5. The Hall–Kier alpha value is -2.54. The van der Waals surface area contributed by atoms with Gasteiger partial charge in [-0.2, -0.15) is 0 Å². The number of methoxy groups -OCH3 is 1. The Morgan fingerprint density at radius 1 is 1.16 bits per heavy atom. The first-order valence-electron chi connectivity index (χ1n) is 10.3. The second kappa shape index (κ2) is 9.94. The number of ether oxygens (including phenoxy) is 1. The monoisotopic (exact) mass is 476 g/mol. The number of benzene rings is 2. The molecule has 1 saturated heterocycles. The zero-order valence-corrected chi connectivity index (χ0v) is 20.0. The third-order valence-corrected chi connectivity index (χ3v) is 6.10. The molecule has 8 heteroatoms. The molecule has 170 valence electrons. The van der Waals surface area contributed by atoms with E-state index in [1.54, 1.807) is 43.3 Å². The van der Waals surface area contributed by atoms with Crippen molar-refractivity contribution in [3.8, 4) is 5.75 Å². The quantitative estimate of drug-likeness (QED) is 0.377. The van der Waals surface area contributed by atoms with Crippen LogP contribution in [-0.2, 0) is 9.59 Å². The van der Waals surface area contributed by atoms with Crippen molar-refractivity contribution in [1.82, 2.24) is 4.90 Å². The predicted octanol–water partition coefficient (Wildman–Crippen LogP) is 2.07. The van der Waals surface area contributed by atoms with Gasteiger partial charge in [-0.3, -0.25) is 9.59 Å². The number of Topliss-reactive ketones (excluding diaryl/α,β-unsaturated/α-hetero) is 1. The molecule has 1 heterocycles. The molecule has 0 bridgehead atoms. The molecule has 2 aromatic carbocycles. The van der Waals surface area contributed by atoms with Crippen LogP contribution in [0.1, 0.15) is 29.2 Å². The highest BCUT2D eigenvalue weighted by Gasteiger charge is 2.44. The molecule has 32 heavy (non-hydrogen) atoms. The topological polar surface area (TPSA) is 74.1 Å². The highest BCUT2D eigenvalue weighted by molar-refractivity contribution is 6.47. The zero-order valence-electron chi connectivity index (χ0n) is 18.5. The molecule has 2 aromatic rings. The molecule has 0 aromatic heterocycles. The number of likely N-dealkylation sites (tertiary alicyclic amines) is 1. The molecule has 0 radical (unpaired) electrons. The van der Waals surface area contributed by atoms with E-state index in [-0.39, 0.29) is 5.57 Å². The Bertz CT molecular complexity index is 1080. The van der Waals surface area contributed by atoms with Gasteiger partial charge in [0.25, 0.3) is 5.91 Å². The fraction of sp³-hybridized carbons (Fsp3) is 0.333. The van der Waals surface area contributed by atoms with Crippen molar-refractivity contribution in [2.24, 2.45) is 0 Å². The van der Waals surface area contributed by atoms with E-state index in [2.05, 4.69) is 0 Å². The first kappa shape index (κ1) is 24.1. The number of nitrogens with one attached hydrogen (secondary N) is 1. The summed E-state index contributed by atoms with van der Waals surface area (Å²) in [6.45, 7) is 2.90. The molecule has 1 amide bonds. The number of carbonyl (C=O) groups is 2. The number of amides is 1. The van der Waals surface area contributed by atoms with Gasteiger partial charge in [0.15, 0.2) is 0 Å². The van der Waals surface area contributed by atoms with E-state index in [0.29, 0.717) is 45.5 Å². The maximum absolute atomic E-state index is 13.6. The SMILES string of the molecule is COc1ccc(/C([O-])=C2\C(=O)C(=O)N(CCC[NH+](C)C)C2c2ccc(Cl)cc2Cl)c(C)c1. The van der Waals surface area contributed by atoms with Crippen molar-refractivity contribution < 1.29 is 24.3 Å². The van der Waals surface area contributed by atoms with Crippen LogP contribution in [0, 0.1) is 6.92 Å². The number of halogens is 2. The number of carbonyl (C=O) groups excluding carboxylic acids is 2. The molecule has 1 fully saturated rings. The minimum absolute atomic E-state index is 0.0929. The van der Waals surface area contributed by atoms with Gasteiger partial charge < -0.3 is 19.6 Å². The van der Waals surface area contributed by atoms with Crippen LogP contribution < -0.4 is 14.7 Å². The van der Waals surface area contributed by atoms with Gasteiger partial charge in [0.05, 0.1) is 33.8 Å². The van der Waals surface area contributed by atoms with Crippen LogP contribution in [0.5, 0.6) is 5.75 Å². The lowest BCUT2D eigenvalue weighted by atomic mass is 9.93. The Morgan fingerprint density at radius 2 is 1.88 bits per heavy atom. The number of hydrogen-bond donors (Lipinski definition) is 1. The molecular formula is C24H26Cl2N2O4. The smallest absolute Gasteiger partial charge is 0.295 e. The van der Waals surface area contributed by atoms with E-state index < -0.39 is 23.5 Å². The molecule has 1 aliphatic heterocycles. The first-order valence-corrected chi connectivity index (χ1v) is 11.1. The van der Waals surface area contributed by atoms with Gasteiger partial charge >= 0.3 is 0 Å². The van der Waals surface area contributed by atoms with Gasteiger partial charge in [-0.25, -0.2) is 0 Å². The third kappa shape index (κ3) is 4.77. The first-order chi connectivity index (χ1) is 15.1. The Kier molecular flexibility index (Phi) is 7.49. The number of quaternary nitrogens is 1. The van der Waals surface area contributed by atoms with Crippen LogP contribution in [0.3, 0.4) is 0 Å². The van der Waals surface area contributed by atoms with E-state index in [9.17, 15) is 14.7 Å². The standard InChI is InChI=1S/C24H26Cl2N2O4/c1-14-12-16(32-4)7-9-17(14)22(29)20-21(18-8-6-15(25)13-19(18)26)28(24(31)23(20)30)11-5-10-27(2)3/h6-9,12-13,21,29H,5,10-11H2,1-4H3/b22-20+. The van der Waals surface area contributed by atoms with Crippen molar-refractivity contribution in [2.45, 2.75) is 19.4 Å². The lowest BCUT2D eigenvalue weighted by molar-refractivity contribution is -0.858. The number of rotatable bonds is 7. The van der Waals surface area contributed by atoms with E-state index >= 15 is 0 Å². The molecule has 6 nitrogen and oxygen atoms in total. The minimum atomic E-state index is -0.870. The van der Waals surface area contributed by atoms with Gasteiger partial charge in [0.2, 0.25) is 5.78 Å². The van der Waals surface area contributed by atoms with E-state index in [4.69, 9.17) is 27.9 Å². The highest BCUT2D eigenvalue weighted by atomic mass is 35.5. The average molecular weight is 477 g/mol. The second-order valence-corrected chi connectivity index (χ2v) is 8.97. The third-order valence-electron chi connectivity index (χ3n) is 5.54. The normalized spacial score (nSPS) is 18.0. The lowest BCUT2D eigenvalue weighted by Crippen LogP contribution is -3.05. The van der Waals surface area contributed by atoms with Gasteiger partial charge in [-0.15, -0.1) is 0 Å². The van der Waals surface area contributed by atoms with Crippen molar-refractivity contribution in [2.75, 3.05) is 34.3 Å². The van der Waals surface area contributed by atoms with E-state index in [1.165, 1.54) is 16.9 Å². The largest absolute Gasteiger partial charge is 0.872 e. The zero-order chi connectivity index (χ0) is 23.6. The average Bonchev–Trinajstić information content (AvgIpc) is 2.98. The molecule has 1 atom stereocenters. The number of aryl methyl sites for hydroxylation is 1. The fourth-order valence-corrected chi connectivity index (χ4v) is 4.43. The van der Waals surface area contributed by atoms with Crippen molar-refractivity contribution in [3.05, 3.63) is 68.7 Å². The van der Waals surface area contributed by atoms with Crippen LogP contribution in [0.15, 0.2) is 42.0 Å². The van der Waals surface area contributed by atoms with Gasteiger partial charge in [0, 0.05) is 28.6 Å². The molecule has 1 unspecified atom stereocenters. The predicted molar refractivity (Wildman–Crippen MR) is 123 cm³/mol. The van der Waals surface area contributed by atoms with Gasteiger partial charge in [-0.1, -0.05) is 41.1 Å². The summed E-state index contributed by atoms with van der Waals surface area (Å²) in [5.74, 6) is -1.37. The maximum Gasteiger partial charge on any atom is 0.295 e. The summed E-state index contributed by atoms with van der Waals surface area (Å²) in [5, 5.41) is 14.3. The Balaban J connectivity index is 2.16. The highest BCUT2D eigenvalue weighted by Crippen LogP contribution is 2.42. The second-order valence-electron chi connectivity index (χ2n) is 8.13. The summed E-state index contributed by atoms with van der Waals surface area (Å²) in [6, 6.07) is 8.97. The van der Waals surface area contributed by atoms with Crippen LogP contribution in [0.2, 0.25) is 10.0 Å². The minimum Gasteiger partial charge on any atom is -0.872 e. The summed E-state index contributed by atoms with van der Waals surface area (Å²) in [6.07, 6.45) is 0.673. The molecular weight excluding hydrogens is 451 g/mol. The summed E-state index contributed by atoms with van der Waals surface area (Å²) in [7, 11) is 5.56. The lowest BCUT2D eigenvalue weighted by Gasteiger charge is -2.28. The van der Waals surface area contributed by atoms with Crippen molar-refractivity contribution in [3.63, 3.8) is 0 Å². The molecule has 0 spiro atoms. The summed E-state index contributed by atoms with van der Waals surface area (Å²) < 4.78 is 5.21. The van der Waals surface area contributed by atoms with Crippen LogP contribution in [-0.4, -0.2) is 50.9 Å². The molecule has 3 rings (SSSR count). The van der Waals surface area contributed by atoms with E-state index in [0.717, 1.165) is 6.54 Å². The number of ketones is 1. The number of hydrogen-bond acceptors (Lipinski definition) is 4. The van der Waals surface area contributed by atoms with Crippen LogP contribution in [0.25, 0.3) is 5.76 Å². The van der Waals surface area contributed by atoms with Crippen LogP contribution >= 0.6 is 23.2 Å². The van der Waals surface area contributed by atoms with Crippen molar-refractivity contribution >= 4 is 40.7 Å². The summed E-state index contributed by atoms with van der Waals surface area (Å²) in [5.41, 5.74) is 1.40. The maximum atomic E-state index is 13.6. The molecule has 0 saturated carbocycles. The van der Waals surface area contributed by atoms with Crippen molar-refractivity contribution in [1.29, 1.82) is 0 Å². The molecule has 1 aliphatic rings. The van der Waals surface area contributed by atoms with Gasteiger partial charge in [0.1, 0.15) is 5.75 Å². The van der Waals surface area contributed by atoms with Gasteiger partial charge in [-0.05, 0) is 47.9 Å². The Labute approximate surface area is 198 Å². The molecule has 0 aliphatic carbocycles. The summed E-state index contributed by atoms with van der Waals surface area (Å²) in [4.78, 5) is 28.7.